The van der Waals surface area contributed by atoms with Gasteiger partial charge in [0.1, 0.15) is 5.69 Å². The average Bonchev–Trinajstić information content (AvgIpc) is 2.09. The number of pyridine rings is 1. The van der Waals surface area contributed by atoms with Crippen LogP contribution in [0.3, 0.4) is 0 Å². The Kier molecular flexibility index (Phi) is 3.84. The van der Waals surface area contributed by atoms with Gasteiger partial charge in [-0.25, -0.2) is 8.78 Å². The summed E-state index contributed by atoms with van der Waals surface area (Å²) in [5.41, 5.74) is -0.338. The minimum Gasteiger partial charge on any atom is -0.493 e. The first kappa shape index (κ1) is 11.1. The Morgan fingerprint density at radius 3 is 2.69 bits per heavy atom. The number of rotatable bonds is 2. The second-order valence-electron chi connectivity index (χ2n) is 2.14. The van der Waals surface area contributed by atoms with Gasteiger partial charge in [-0.3, -0.25) is 4.98 Å². The van der Waals surface area contributed by atoms with Crippen molar-refractivity contribution in [3.63, 3.8) is 0 Å². The van der Waals surface area contributed by atoms with Crippen LogP contribution in [-0.2, 0) is 0 Å². The SMILES string of the molecule is COc1c(C(F)F)ncc(I)c1Br. The van der Waals surface area contributed by atoms with Crippen LogP contribution in [0.4, 0.5) is 8.78 Å². The molecule has 1 aromatic heterocycles. The quantitative estimate of drug-likeness (QED) is 0.751. The van der Waals surface area contributed by atoms with Crippen molar-refractivity contribution in [3.05, 3.63) is 19.9 Å². The van der Waals surface area contributed by atoms with Gasteiger partial charge in [0, 0.05) is 9.77 Å². The number of alkyl halides is 2. The topological polar surface area (TPSA) is 22.1 Å². The molecule has 0 aliphatic rings. The molecular formula is C7H5BrF2INO. The zero-order valence-corrected chi connectivity index (χ0v) is 10.3. The van der Waals surface area contributed by atoms with E-state index in [1.807, 2.05) is 22.6 Å². The molecule has 0 aromatic carbocycles. The fourth-order valence-corrected chi connectivity index (χ4v) is 1.66. The van der Waals surface area contributed by atoms with Gasteiger partial charge in [-0.1, -0.05) is 0 Å². The third-order valence-electron chi connectivity index (χ3n) is 1.37. The van der Waals surface area contributed by atoms with Crippen LogP contribution in [-0.4, -0.2) is 12.1 Å². The molecule has 1 heterocycles. The van der Waals surface area contributed by atoms with Crippen LogP contribution in [0.2, 0.25) is 0 Å². The molecule has 2 nitrogen and oxygen atoms in total. The predicted octanol–water partition coefficient (Wildman–Crippen LogP) is 3.39. The summed E-state index contributed by atoms with van der Waals surface area (Å²) < 4.78 is 30.8. The monoisotopic (exact) mass is 363 g/mol. The highest BCUT2D eigenvalue weighted by atomic mass is 127. The Labute approximate surface area is 96.0 Å². The molecule has 72 valence electrons. The van der Waals surface area contributed by atoms with Crippen molar-refractivity contribution in [3.8, 4) is 5.75 Å². The van der Waals surface area contributed by atoms with E-state index in [-0.39, 0.29) is 11.4 Å². The molecule has 0 fully saturated rings. The number of methoxy groups -OCH3 is 1. The molecular weight excluding hydrogens is 359 g/mol. The summed E-state index contributed by atoms with van der Waals surface area (Å²) in [5.74, 6) is 0.0990. The van der Waals surface area contributed by atoms with Gasteiger partial charge < -0.3 is 4.74 Å². The number of halogens is 4. The third kappa shape index (κ3) is 2.28. The highest BCUT2D eigenvalue weighted by Crippen LogP contribution is 2.36. The first-order valence-electron chi connectivity index (χ1n) is 3.24. The van der Waals surface area contributed by atoms with E-state index in [9.17, 15) is 8.78 Å². The van der Waals surface area contributed by atoms with Crippen LogP contribution >= 0.6 is 38.5 Å². The molecule has 0 bridgehead atoms. The van der Waals surface area contributed by atoms with Crippen LogP contribution in [0.5, 0.6) is 5.75 Å². The Morgan fingerprint density at radius 2 is 2.23 bits per heavy atom. The third-order valence-corrected chi connectivity index (χ3v) is 3.72. The summed E-state index contributed by atoms with van der Waals surface area (Å²) >= 11 is 5.13. The van der Waals surface area contributed by atoms with Crippen LogP contribution in [0, 0.1) is 3.57 Å². The van der Waals surface area contributed by atoms with Crippen molar-refractivity contribution >= 4 is 38.5 Å². The van der Waals surface area contributed by atoms with Gasteiger partial charge in [0.15, 0.2) is 5.75 Å². The summed E-state index contributed by atoms with van der Waals surface area (Å²) in [4.78, 5) is 3.60. The highest BCUT2D eigenvalue weighted by Gasteiger charge is 2.19. The van der Waals surface area contributed by atoms with Crippen LogP contribution in [0.15, 0.2) is 10.7 Å². The summed E-state index contributed by atoms with van der Waals surface area (Å²) in [7, 11) is 1.34. The molecule has 0 aliphatic carbocycles. The number of nitrogens with zero attached hydrogens (tertiary/aromatic N) is 1. The number of aromatic nitrogens is 1. The van der Waals surface area contributed by atoms with Crippen molar-refractivity contribution in [1.29, 1.82) is 0 Å². The molecule has 0 aliphatic heterocycles. The van der Waals surface area contributed by atoms with Crippen molar-refractivity contribution < 1.29 is 13.5 Å². The van der Waals surface area contributed by atoms with Gasteiger partial charge in [-0.05, 0) is 38.5 Å². The van der Waals surface area contributed by atoms with E-state index >= 15 is 0 Å². The Hall–Kier alpha value is 0.0200. The molecule has 6 heteroatoms. The van der Waals surface area contributed by atoms with Gasteiger partial charge in [0.25, 0.3) is 6.43 Å². The molecule has 0 atom stereocenters. The van der Waals surface area contributed by atoms with Crippen LogP contribution in [0.25, 0.3) is 0 Å². The van der Waals surface area contributed by atoms with Gasteiger partial charge in [0.2, 0.25) is 0 Å². The van der Waals surface area contributed by atoms with Gasteiger partial charge >= 0.3 is 0 Å². The number of hydrogen-bond acceptors (Lipinski definition) is 2. The molecule has 0 N–H and O–H groups in total. The molecule has 13 heavy (non-hydrogen) atoms. The van der Waals surface area contributed by atoms with Crippen molar-refractivity contribution in [2.75, 3.05) is 7.11 Å². The van der Waals surface area contributed by atoms with E-state index < -0.39 is 6.43 Å². The summed E-state index contributed by atoms with van der Waals surface area (Å²) in [6.45, 7) is 0. The van der Waals surface area contributed by atoms with Crippen molar-refractivity contribution in [2.24, 2.45) is 0 Å². The fraction of sp³-hybridized carbons (Fsp3) is 0.286. The average molecular weight is 364 g/mol. The Morgan fingerprint density at radius 1 is 1.62 bits per heavy atom. The maximum absolute atomic E-state index is 12.4. The lowest BCUT2D eigenvalue weighted by molar-refractivity contribution is 0.141. The number of ether oxygens (including phenoxy) is 1. The van der Waals surface area contributed by atoms with Gasteiger partial charge in [0.05, 0.1) is 11.6 Å². The molecule has 0 saturated heterocycles. The van der Waals surface area contributed by atoms with E-state index in [1.165, 1.54) is 13.3 Å². The first-order chi connectivity index (χ1) is 6.07. The first-order valence-corrected chi connectivity index (χ1v) is 5.11. The van der Waals surface area contributed by atoms with E-state index in [0.717, 1.165) is 3.57 Å². The van der Waals surface area contributed by atoms with Gasteiger partial charge in [-0.2, -0.15) is 0 Å². The number of hydrogen-bond donors (Lipinski definition) is 0. The molecule has 0 radical (unpaired) electrons. The summed E-state index contributed by atoms with van der Waals surface area (Å²) in [6.07, 6.45) is -1.25. The van der Waals surface area contributed by atoms with Gasteiger partial charge in [-0.15, -0.1) is 0 Å². The molecule has 0 saturated carbocycles. The van der Waals surface area contributed by atoms with E-state index in [4.69, 9.17) is 4.74 Å². The smallest absolute Gasteiger partial charge is 0.284 e. The predicted molar refractivity (Wildman–Crippen MR) is 56.2 cm³/mol. The minimum absolute atomic E-state index is 0.0990. The van der Waals surface area contributed by atoms with Crippen molar-refractivity contribution in [2.45, 2.75) is 6.43 Å². The highest BCUT2D eigenvalue weighted by molar-refractivity contribution is 14.1. The largest absolute Gasteiger partial charge is 0.493 e. The Balaban J connectivity index is 3.30. The zero-order chi connectivity index (χ0) is 10.0. The van der Waals surface area contributed by atoms with Crippen molar-refractivity contribution in [1.82, 2.24) is 4.98 Å². The standard InChI is InChI=1S/C7H5BrF2INO/c1-13-6-4(8)3(11)2-12-5(6)7(9)10/h2,7H,1H3. The lowest BCUT2D eigenvalue weighted by Crippen LogP contribution is -1.98. The van der Waals surface area contributed by atoms with E-state index in [1.54, 1.807) is 0 Å². The lowest BCUT2D eigenvalue weighted by atomic mass is 10.3. The summed E-state index contributed by atoms with van der Waals surface area (Å²) in [6, 6.07) is 0. The van der Waals surface area contributed by atoms with E-state index in [2.05, 4.69) is 20.9 Å². The van der Waals surface area contributed by atoms with Crippen LogP contribution in [0.1, 0.15) is 12.1 Å². The molecule has 1 rings (SSSR count). The normalized spacial score (nSPS) is 10.6. The summed E-state index contributed by atoms with van der Waals surface area (Å²) in [5, 5.41) is 0. The molecule has 1 aromatic rings. The maximum atomic E-state index is 12.4. The molecule has 0 unspecified atom stereocenters. The molecule has 0 spiro atoms. The minimum atomic E-state index is -2.62. The van der Waals surface area contributed by atoms with Crippen LogP contribution < -0.4 is 4.74 Å². The maximum Gasteiger partial charge on any atom is 0.284 e. The molecule has 0 amide bonds. The van der Waals surface area contributed by atoms with E-state index in [0.29, 0.717) is 4.47 Å². The second kappa shape index (κ2) is 4.50. The Bertz CT molecular complexity index is 322. The fourth-order valence-electron chi connectivity index (χ4n) is 0.812. The second-order valence-corrected chi connectivity index (χ2v) is 4.09. The lowest BCUT2D eigenvalue weighted by Gasteiger charge is -2.09. The zero-order valence-electron chi connectivity index (χ0n) is 6.52.